The molecule has 0 atom stereocenters. The van der Waals surface area contributed by atoms with E-state index >= 15 is 0 Å². The van der Waals surface area contributed by atoms with Gasteiger partial charge in [-0.1, -0.05) is 13.8 Å². The average Bonchev–Trinajstić information content (AvgIpc) is 2.27. The van der Waals surface area contributed by atoms with E-state index in [1.165, 1.54) is 25.9 Å². The van der Waals surface area contributed by atoms with E-state index < -0.39 is 0 Å². The highest BCUT2D eigenvalue weighted by Gasteiger charge is 2.32. The van der Waals surface area contributed by atoms with Crippen molar-refractivity contribution in [2.75, 3.05) is 33.3 Å². The van der Waals surface area contributed by atoms with Crippen molar-refractivity contribution in [3.8, 4) is 0 Å². The molecular formula is C14H30N2O. The molecule has 1 saturated heterocycles. The molecule has 0 spiro atoms. The molecule has 0 bridgehead atoms. The molecule has 3 heteroatoms. The van der Waals surface area contributed by atoms with Gasteiger partial charge in [0.25, 0.3) is 0 Å². The van der Waals surface area contributed by atoms with Gasteiger partial charge in [0.1, 0.15) is 0 Å². The predicted molar refractivity (Wildman–Crippen MR) is 73.2 cm³/mol. The summed E-state index contributed by atoms with van der Waals surface area (Å²) in [7, 11) is 2.20. The molecule has 0 aromatic heterocycles. The summed E-state index contributed by atoms with van der Waals surface area (Å²) in [6.07, 6.45) is 2.59. The van der Waals surface area contributed by atoms with Crippen LogP contribution >= 0.6 is 0 Å². The maximum Gasteiger partial charge on any atom is 0.0607 e. The minimum atomic E-state index is -0.164. The highest BCUT2D eigenvalue weighted by molar-refractivity contribution is 4.87. The number of aliphatic hydroxyl groups is 1. The van der Waals surface area contributed by atoms with Gasteiger partial charge < -0.3 is 15.3 Å². The minimum Gasteiger partial charge on any atom is -0.394 e. The number of nitrogens with one attached hydrogen (secondary N) is 1. The lowest BCUT2D eigenvalue weighted by atomic mass is 9.73. The van der Waals surface area contributed by atoms with Crippen molar-refractivity contribution >= 4 is 0 Å². The van der Waals surface area contributed by atoms with Gasteiger partial charge in [0.05, 0.1) is 6.61 Å². The van der Waals surface area contributed by atoms with Crippen LogP contribution < -0.4 is 5.32 Å². The van der Waals surface area contributed by atoms with Crippen molar-refractivity contribution < 1.29 is 5.11 Å². The predicted octanol–water partition coefficient (Wildman–Crippen LogP) is 1.71. The zero-order chi connectivity index (χ0) is 13.1. The summed E-state index contributed by atoms with van der Waals surface area (Å²) in [5.74, 6) is 0.792. The highest BCUT2D eigenvalue weighted by Crippen LogP contribution is 2.34. The Labute approximate surface area is 107 Å². The summed E-state index contributed by atoms with van der Waals surface area (Å²) < 4.78 is 0. The maximum atomic E-state index is 9.27. The van der Waals surface area contributed by atoms with Gasteiger partial charge in [-0.15, -0.1) is 0 Å². The van der Waals surface area contributed by atoms with Gasteiger partial charge in [-0.2, -0.15) is 0 Å². The Balaban J connectivity index is 2.45. The Bertz CT molecular complexity index is 230. The van der Waals surface area contributed by atoms with Crippen LogP contribution in [0.4, 0.5) is 0 Å². The van der Waals surface area contributed by atoms with Gasteiger partial charge in [-0.3, -0.25) is 0 Å². The fourth-order valence-corrected chi connectivity index (χ4v) is 2.46. The van der Waals surface area contributed by atoms with Crippen molar-refractivity contribution in [2.45, 2.75) is 46.1 Å². The molecule has 1 heterocycles. The van der Waals surface area contributed by atoms with E-state index in [9.17, 15) is 5.11 Å². The molecule has 1 rings (SSSR count). The normalized spacial score (nSPS) is 20.8. The standard InChI is InChI=1S/C14H30N2O/c1-13(2,10-15-14(3,4)11-17)12-6-8-16(5)9-7-12/h12,15,17H,6-11H2,1-5H3. The molecule has 1 aliphatic rings. The van der Waals surface area contributed by atoms with Crippen LogP contribution in [0.5, 0.6) is 0 Å². The number of likely N-dealkylation sites (tertiary alicyclic amines) is 1. The van der Waals surface area contributed by atoms with Gasteiger partial charge in [-0.05, 0) is 58.2 Å². The second-order valence-electron chi connectivity index (χ2n) is 6.96. The first-order valence-corrected chi connectivity index (χ1v) is 6.81. The molecule has 102 valence electrons. The Morgan fingerprint density at radius 3 is 2.18 bits per heavy atom. The van der Waals surface area contributed by atoms with Gasteiger partial charge in [0, 0.05) is 12.1 Å². The van der Waals surface area contributed by atoms with Crippen molar-refractivity contribution in [1.82, 2.24) is 10.2 Å². The molecule has 0 radical (unpaired) electrons. The second kappa shape index (κ2) is 5.68. The van der Waals surface area contributed by atoms with Crippen LogP contribution in [0.3, 0.4) is 0 Å². The van der Waals surface area contributed by atoms with Crippen LogP contribution in [0.2, 0.25) is 0 Å². The van der Waals surface area contributed by atoms with Crippen LogP contribution in [0.25, 0.3) is 0 Å². The largest absolute Gasteiger partial charge is 0.394 e. The summed E-state index contributed by atoms with van der Waals surface area (Å²) in [4.78, 5) is 2.41. The number of hydrogen-bond acceptors (Lipinski definition) is 3. The summed E-state index contributed by atoms with van der Waals surface area (Å²) >= 11 is 0. The molecule has 0 saturated carbocycles. The maximum absolute atomic E-state index is 9.27. The molecule has 0 amide bonds. The van der Waals surface area contributed by atoms with E-state index in [1.807, 2.05) is 0 Å². The van der Waals surface area contributed by atoms with Crippen LogP contribution in [-0.4, -0.2) is 48.8 Å². The monoisotopic (exact) mass is 242 g/mol. The third-order valence-corrected chi connectivity index (χ3v) is 4.24. The van der Waals surface area contributed by atoms with Crippen LogP contribution in [-0.2, 0) is 0 Å². The SMILES string of the molecule is CN1CCC(C(C)(C)CNC(C)(C)CO)CC1. The van der Waals surface area contributed by atoms with E-state index in [0.29, 0.717) is 5.41 Å². The van der Waals surface area contributed by atoms with Crippen LogP contribution in [0.15, 0.2) is 0 Å². The lowest BCUT2D eigenvalue weighted by Gasteiger charge is -2.41. The summed E-state index contributed by atoms with van der Waals surface area (Å²) in [5, 5.41) is 12.8. The van der Waals surface area contributed by atoms with Crippen molar-refractivity contribution in [3.63, 3.8) is 0 Å². The van der Waals surface area contributed by atoms with Crippen LogP contribution in [0.1, 0.15) is 40.5 Å². The molecular weight excluding hydrogens is 212 g/mol. The summed E-state index contributed by atoms with van der Waals surface area (Å²) in [6, 6.07) is 0. The second-order valence-corrected chi connectivity index (χ2v) is 6.96. The first kappa shape index (κ1) is 14.9. The lowest BCUT2D eigenvalue weighted by molar-refractivity contribution is 0.0960. The van der Waals surface area contributed by atoms with Crippen molar-refractivity contribution in [2.24, 2.45) is 11.3 Å². The fourth-order valence-electron chi connectivity index (χ4n) is 2.46. The zero-order valence-corrected chi connectivity index (χ0v) is 12.2. The number of piperidine rings is 1. The first-order chi connectivity index (χ1) is 7.77. The minimum absolute atomic E-state index is 0.164. The molecule has 1 aliphatic heterocycles. The molecule has 0 aromatic carbocycles. The molecule has 1 fully saturated rings. The molecule has 2 N–H and O–H groups in total. The van der Waals surface area contributed by atoms with Gasteiger partial charge in [0.2, 0.25) is 0 Å². The molecule has 0 unspecified atom stereocenters. The smallest absolute Gasteiger partial charge is 0.0607 e. The van der Waals surface area contributed by atoms with E-state index in [0.717, 1.165) is 12.5 Å². The molecule has 17 heavy (non-hydrogen) atoms. The topological polar surface area (TPSA) is 35.5 Å². The Morgan fingerprint density at radius 1 is 1.18 bits per heavy atom. The van der Waals surface area contributed by atoms with E-state index in [1.54, 1.807) is 0 Å². The Kier molecular flexibility index (Phi) is 4.99. The number of rotatable bonds is 5. The molecule has 0 aromatic rings. The number of aliphatic hydroxyl groups excluding tert-OH is 1. The first-order valence-electron chi connectivity index (χ1n) is 6.81. The van der Waals surface area contributed by atoms with E-state index in [2.05, 4.69) is 45.0 Å². The number of nitrogens with zero attached hydrogens (tertiary/aromatic N) is 1. The van der Waals surface area contributed by atoms with Crippen molar-refractivity contribution in [1.29, 1.82) is 0 Å². The average molecular weight is 242 g/mol. The van der Waals surface area contributed by atoms with Gasteiger partial charge >= 0.3 is 0 Å². The zero-order valence-electron chi connectivity index (χ0n) is 12.2. The summed E-state index contributed by atoms with van der Waals surface area (Å²) in [6.45, 7) is 12.4. The number of hydrogen-bond donors (Lipinski definition) is 2. The third kappa shape index (κ3) is 4.57. The summed E-state index contributed by atoms with van der Waals surface area (Å²) in [5.41, 5.74) is 0.149. The van der Waals surface area contributed by atoms with Gasteiger partial charge in [0.15, 0.2) is 0 Å². The lowest BCUT2D eigenvalue weighted by Crippen LogP contribution is -2.49. The Morgan fingerprint density at radius 2 is 1.71 bits per heavy atom. The van der Waals surface area contributed by atoms with E-state index in [-0.39, 0.29) is 12.1 Å². The quantitative estimate of drug-likeness (QED) is 0.770. The molecule has 3 nitrogen and oxygen atoms in total. The Hall–Kier alpha value is -0.120. The molecule has 0 aliphatic carbocycles. The van der Waals surface area contributed by atoms with Gasteiger partial charge in [-0.25, -0.2) is 0 Å². The van der Waals surface area contributed by atoms with Crippen LogP contribution in [0, 0.1) is 11.3 Å². The third-order valence-electron chi connectivity index (χ3n) is 4.24. The fraction of sp³-hybridized carbons (Fsp3) is 1.00. The highest BCUT2D eigenvalue weighted by atomic mass is 16.3. The van der Waals surface area contributed by atoms with Crippen molar-refractivity contribution in [3.05, 3.63) is 0 Å². The van der Waals surface area contributed by atoms with E-state index in [4.69, 9.17) is 0 Å².